The number of carbonyl (C=O) groups is 2. The van der Waals surface area contributed by atoms with Crippen LogP contribution < -0.4 is 5.73 Å². The summed E-state index contributed by atoms with van der Waals surface area (Å²) < 4.78 is 0. The molecular weight excluding hydrogens is 182 g/mol. The first-order valence-electron chi connectivity index (χ1n) is 4.84. The van der Waals surface area contributed by atoms with Gasteiger partial charge in [0.15, 0.2) is 0 Å². The van der Waals surface area contributed by atoms with Crippen molar-refractivity contribution in [3.8, 4) is 0 Å². The molecule has 0 saturated carbocycles. The van der Waals surface area contributed by atoms with E-state index in [1.54, 1.807) is 11.9 Å². The van der Waals surface area contributed by atoms with Gasteiger partial charge in [-0.1, -0.05) is 6.92 Å². The summed E-state index contributed by atoms with van der Waals surface area (Å²) in [5, 5.41) is 0. The molecule has 80 valence electrons. The van der Waals surface area contributed by atoms with Crippen molar-refractivity contribution >= 4 is 11.8 Å². The van der Waals surface area contributed by atoms with Gasteiger partial charge in [0.05, 0.1) is 12.6 Å². The molecule has 0 radical (unpaired) electrons. The summed E-state index contributed by atoms with van der Waals surface area (Å²) in [7, 11) is 1.74. The third-order valence-electron chi connectivity index (χ3n) is 2.53. The first kappa shape index (κ1) is 11.0. The molecule has 0 unspecified atom stereocenters. The van der Waals surface area contributed by atoms with E-state index in [1.165, 1.54) is 4.90 Å². The average Bonchev–Trinajstić information content (AvgIpc) is 2.20. The molecule has 5 nitrogen and oxygen atoms in total. The Morgan fingerprint density at radius 3 is 2.71 bits per heavy atom. The first-order valence-corrected chi connectivity index (χ1v) is 4.84. The predicted octanol–water partition coefficient (Wildman–Crippen LogP) is -0.976. The number of hydrogen-bond donors (Lipinski definition) is 1. The van der Waals surface area contributed by atoms with Crippen LogP contribution in [0.5, 0.6) is 0 Å². The Bertz CT molecular complexity index is 242. The molecule has 2 N–H and O–H groups in total. The van der Waals surface area contributed by atoms with Gasteiger partial charge in [-0.05, 0) is 6.42 Å². The lowest BCUT2D eigenvalue weighted by molar-refractivity contribution is -0.144. The molecular formula is C9H17N3O2. The molecule has 5 heteroatoms. The maximum atomic E-state index is 11.6. The van der Waals surface area contributed by atoms with E-state index < -0.39 is 6.04 Å². The fourth-order valence-electron chi connectivity index (χ4n) is 1.36. The zero-order valence-corrected chi connectivity index (χ0v) is 8.69. The number of carbonyl (C=O) groups excluding carboxylic acids is 2. The van der Waals surface area contributed by atoms with Gasteiger partial charge in [0.1, 0.15) is 0 Å². The van der Waals surface area contributed by atoms with Crippen molar-refractivity contribution in [3.05, 3.63) is 0 Å². The third kappa shape index (κ3) is 2.23. The number of rotatable bonds is 2. The van der Waals surface area contributed by atoms with Crippen LogP contribution in [0.2, 0.25) is 0 Å². The van der Waals surface area contributed by atoms with Crippen LogP contribution in [-0.2, 0) is 9.59 Å². The van der Waals surface area contributed by atoms with E-state index >= 15 is 0 Å². The zero-order chi connectivity index (χ0) is 10.7. The smallest absolute Gasteiger partial charge is 0.241 e. The minimum atomic E-state index is -0.466. The Hall–Kier alpha value is -1.10. The number of hydrogen-bond acceptors (Lipinski definition) is 3. The lowest BCUT2D eigenvalue weighted by Gasteiger charge is -2.33. The molecule has 2 amide bonds. The SMILES string of the molecule is CC[C@H](N)C(=O)N1CCN(C)C(=O)C1. The molecule has 0 spiro atoms. The quantitative estimate of drug-likeness (QED) is 0.622. The highest BCUT2D eigenvalue weighted by Crippen LogP contribution is 2.03. The van der Waals surface area contributed by atoms with Gasteiger partial charge in [0.25, 0.3) is 0 Å². The van der Waals surface area contributed by atoms with Gasteiger partial charge >= 0.3 is 0 Å². The van der Waals surface area contributed by atoms with E-state index in [0.29, 0.717) is 19.5 Å². The monoisotopic (exact) mass is 199 g/mol. The zero-order valence-electron chi connectivity index (χ0n) is 8.69. The minimum Gasteiger partial charge on any atom is -0.342 e. The number of likely N-dealkylation sites (N-methyl/N-ethyl adjacent to an activating group) is 1. The number of amides is 2. The van der Waals surface area contributed by atoms with Gasteiger partial charge in [-0.3, -0.25) is 9.59 Å². The molecule has 0 aromatic carbocycles. The highest BCUT2D eigenvalue weighted by molar-refractivity contribution is 5.88. The average molecular weight is 199 g/mol. The van der Waals surface area contributed by atoms with E-state index in [1.807, 2.05) is 6.92 Å². The summed E-state index contributed by atoms with van der Waals surface area (Å²) in [5.74, 6) is -0.137. The second kappa shape index (κ2) is 4.41. The topological polar surface area (TPSA) is 66.6 Å². The summed E-state index contributed by atoms with van der Waals surface area (Å²) in [6, 6.07) is -0.466. The van der Waals surface area contributed by atoms with Crippen LogP contribution in [0.15, 0.2) is 0 Å². The third-order valence-corrected chi connectivity index (χ3v) is 2.53. The van der Waals surface area contributed by atoms with E-state index in [0.717, 1.165) is 0 Å². The van der Waals surface area contributed by atoms with Crippen molar-refractivity contribution in [3.63, 3.8) is 0 Å². The minimum absolute atomic E-state index is 0.0205. The lowest BCUT2D eigenvalue weighted by atomic mass is 10.2. The summed E-state index contributed by atoms with van der Waals surface area (Å²) in [6.07, 6.45) is 0.610. The maximum absolute atomic E-state index is 11.6. The fraction of sp³-hybridized carbons (Fsp3) is 0.778. The van der Waals surface area contributed by atoms with Crippen molar-refractivity contribution in [2.45, 2.75) is 19.4 Å². The Morgan fingerprint density at radius 2 is 2.21 bits per heavy atom. The van der Waals surface area contributed by atoms with Crippen molar-refractivity contribution in [2.75, 3.05) is 26.7 Å². The van der Waals surface area contributed by atoms with Gasteiger partial charge in [-0.25, -0.2) is 0 Å². The Kier molecular flexibility index (Phi) is 3.46. The summed E-state index contributed by atoms with van der Waals surface area (Å²) in [4.78, 5) is 26.1. The van der Waals surface area contributed by atoms with Crippen LogP contribution in [-0.4, -0.2) is 54.3 Å². The molecule has 1 rings (SSSR count). The summed E-state index contributed by atoms with van der Waals surface area (Å²) in [6.45, 7) is 3.22. The summed E-state index contributed by atoms with van der Waals surface area (Å²) in [5.41, 5.74) is 5.61. The molecule has 1 saturated heterocycles. The van der Waals surface area contributed by atoms with Crippen LogP contribution >= 0.6 is 0 Å². The van der Waals surface area contributed by atoms with E-state index in [-0.39, 0.29) is 18.4 Å². The lowest BCUT2D eigenvalue weighted by Crippen LogP contribution is -2.54. The van der Waals surface area contributed by atoms with Crippen LogP contribution in [0.1, 0.15) is 13.3 Å². The highest BCUT2D eigenvalue weighted by Gasteiger charge is 2.27. The standard InChI is InChI=1S/C9H17N3O2/c1-3-7(10)9(14)12-5-4-11(2)8(13)6-12/h7H,3-6,10H2,1-2H3/t7-/m0/s1. The number of piperazine rings is 1. The van der Waals surface area contributed by atoms with Crippen molar-refractivity contribution < 1.29 is 9.59 Å². The second-order valence-electron chi connectivity index (χ2n) is 3.59. The van der Waals surface area contributed by atoms with Crippen molar-refractivity contribution in [2.24, 2.45) is 5.73 Å². The normalized spacial score (nSPS) is 19.8. The van der Waals surface area contributed by atoms with E-state index in [2.05, 4.69) is 0 Å². The molecule has 1 aliphatic heterocycles. The van der Waals surface area contributed by atoms with Crippen LogP contribution in [0.3, 0.4) is 0 Å². The maximum Gasteiger partial charge on any atom is 0.241 e. The van der Waals surface area contributed by atoms with Gasteiger partial charge in [0.2, 0.25) is 11.8 Å². The van der Waals surface area contributed by atoms with Gasteiger partial charge in [-0.15, -0.1) is 0 Å². The molecule has 1 aliphatic rings. The predicted molar refractivity (Wildman–Crippen MR) is 52.5 cm³/mol. The first-order chi connectivity index (χ1) is 6.56. The van der Waals surface area contributed by atoms with Crippen molar-refractivity contribution in [1.29, 1.82) is 0 Å². The highest BCUT2D eigenvalue weighted by atomic mass is 16.2. The van der Waals surface area contributed by atoms with E-state index in [4.69, 9.17) is 5.73 Å². The van der Waals surface area contributed by atoms with Gasteiger partial charge in [-0.2, -0.15) is 0 Å². The molecule has 1 fully saturated rings. The summed E-state index contributed by atoms with van der Waals surface area (Å²) >= 11 is 0. The molecule has 0 bridgehead atoms. The Balaban J connectivity index is 2.54. The molecule has 0 aliphatic carbocycles. The second-order valence-corrected chi connectivity index (χ2v) is 3.59. The van der Waals surface area contributed by atoms with Crippen LogP contribution in [0.25, 0.3) is 0 Å². The van der Waals surface area contributed by atoms with Crippen LogP contribution in [0.4, 0.5) is 0 Å². The Labute approximate surface area is 83.8 Å². The molecule has 14 heavy (non-hydrogen) atoms. The van der Waals surface area contributed by atoms with Gasteiger partial charge < -0.3 is 15.5 Å². The number of nitrogens with two attached hydrogens (primary N) is 1. The molecule has 0 aromatic heterocycles. The van der Waals surface area contributed by atoms with E-state index in [9.17, 15) is 9.59 Å². The van der Waals surface area contributed by atoms with Crippen LogP contribution in [0, 0.1) is 0 Å². The Morgan fingerprint density at radius 1 is 1.57 bits per heavy atom. The van der Waals surface area contributed by atoms with Gasteiger partial charge in [0, 0.05) is 20.1 Å². The molecule has 0 aromatic rings. The molecule has 1 heterocycles. The largest absolute Gasteiger partial charge is 0.342 e. The van der Waals surface area contributed by atoms with Crippen molar-refractivity contribution in [1.82, 2.24) is 9.80 Å². The number of nitrogens with zero attached hydrogens (tertiary/aromatic N) is 2. The molecule has 1 atom stereocenters. The fourth-order valence-corrected chi connectivity index (χ4v) is 1.36.